The predicted octanol–water partition coefficient (Wildman–Crippen LogP) is 4.01. The monoisotopic (exact) mass is 479 g/mol. The van der Waals surface area contributed by atoms with Crippen LogP contribution in [0.15, 0.2) is 0 Å². The molecule has 0 aliphatic heterocycles. The molecule has 0 unspecified atom stereocenters. The lowest BCUT2D eigenvalue weighted by atomic mass is 10.1. The second-order valence-corrected chi connectivity index (χ2v) is 8.17. The van der Waals surface area contributed by atoms with Gasteiger partial charge in [-0.15, -0.1) is 11.3 Å². The maximum absolute atomic E-state index is 13.2. The average Bonchev–Trinajstić information content (AvgIpc) is 3.40. The number of ether oxygens (including phenoxy) is 2. The van der Waals surface area contributed by atoms with Crippen LogP contribution >= 0.6 is 22.9 Å². The highest BCUT2D eigenvalue weighted by Gasteiger charge is 2.42. The van der Waals surface area contributed by atoms with E-state index in [2.05, 4.69) is 15.2 Å². The van der Waals surface area contributed by atoms with Crippen LogP contribution in [0.4, 0.5) is 18.2 Å². The van der Waals surface area contributed by atoms with E-state index >= 15 is 0 Å². The first-order chi connectivity index (χ1) is 14.5. The van der Waals surface area contributed by atoms with Crippen LogP contribution in [0.25, 0.3) is 0 Å². The third-order valence-corrected chi connectivity index (χ3v) is 6.18. The first kappa shape index (κ1) is 23.1. The summed E-state index contributed by atoms with van der Waals surface area (Å²) in [5, 5.41) is 5.45. The van der Waals surface area contributed by atoms with Crippen molar-refractivity contribution >= 4 is 45.8 Å². The molecule has 1 amide bonds. The summed E-state index contributed by atoms with van der Waals surface area (Å²) in [7, 11) is 2.30. The van der Waals surface area contributed by atoms with E-state index < -0.39 is 41.3 Å². The number of anilines is 1. The molecular weight excluding hydrogens is 463 g/mol. The number of alkyl halides is 3. The molecule has 2 heterocycles. The topological polar surface area (TPSA) is 99.5 Å². The van der Waals surface area contributed by atoms with Crippen LogP contribution in [0.5, 0.6) is 0 Å². The number of rotatable bonds is 6. The van der Waals surface area contributed by atoms with Gasteiger partial charge in [0.05, 0.1) is 30.5 Å². The molecular formula is C18H17ClF3N3O5S. The molecule has 0 bridgehead atoms. The molecule has 3 rings (SSSR count). The number of nitrogens with zero attached hydrogens (tertiary/aromatic N) is 2. The Morgan fingerprint density at radius 3 is 2.35 bits per heavy atom. The zero-order valence-corrected chi connectivity index (χ0v) is 18.1. The zero-order valence-electron chi connectivity index (χ0n) is 16.6. The Balaban J connectivity index is 1.91. The number of nitrogens with one attached hydrogen (secondary N) is 1. The van der Waals surface area contributed by atoms with Crippen molar-refractivity contribution in [2.45, 2.75) is 38.4 Å². The maximum Gasteiger partial charge on any atom is 0.436 e. The Labute approximate surface area is 183 Å². The van der Waals surface area contributed by atoms with Gasteiger partial charge in [0.25, 0.3) is 0 Å². The van der Waals surface area contributed by atoms with Crippen LogP contribution in [0.3, 0.4) is 0 Å². The molecule has 2 aromatic heterocycles. The molecule has 1 aliphatic rings. The summed E-state index contributed by atoms with van der Waals surface area (Å²) in [6.07, 6.45) is -3.48. The highest BCUT2D eigenvalue weighted by Crippen LogP contribution is 2.47. The first-order valence-corrected chi connectivity index (χ1v) is 10.1. The van der Waals surface area contributed by atoms with Crippen LogP contribution in [-0.4, -0.2) is 41.8 Å². The number of carbonyl (C=O) groups excluding carboxylic acids is 3. The lowest BCUT2D eigenvalue weighted by molar-refractivity contribution is -0.141. The number of amides is 1. The van der Waals surface area contributed by atoms with Crippen molar-refractivity contribution in [2.24, 2.45) is 0 Å². The van der Waals surface area contributed by atoms with E-state index in [1.807, 2.05) is 0 Å². The van der Waals surface area contributed by atoms with E-state index in [9.17, 15) is 27.6 Å². The van der Waals surface area contributed by atoms with Crippen LogP contribution < -0.4 is 5.32 Å². The Hall–Kier alpha value is -2.60. The number of carbonyl (C=O) groups is 3. The lowest BCUT2D eigenvalue weighted by Crippen LogP contribution is -2.22. The lowest BCUT2D eigenvalue weighted by Gasteiger charge is -2.08. The minimum Gasteiger partial charge on any atom is -0.465 e. The van der Waals surface area contributed by atoms with Crippen LogP contribution in [0, 0.1) is 6.92 Å². The Morgan fingerprint density at radius 2 is 1.84 bits per heavy atom. The fraction of sp³-hybridized carbons (Fsp3) is 0.444. The smallest absolute Gasteiger partial charge is 0.436 e. The minimum absolute atomic E-state index is 0.0111. The summed E-state index contributed by atoms with van der Waals surface area (Å²) in [6.45, 7) is 0.922. The molecule has 1 saturated carbocycles. The van der Waals surface area contributed by atoms with Gasteiger partial charge in [0.2, 0.25) is 5.91 Å². The largest absolute Gasteiger partial charge is 0.465 e. The van der Waals surface area contributed by atoms with E-state index in [0.29, 0.717) is 12.8 Å². The van der Waals surface area contributed by atoms with Gasteiger partial charge in [-0.3, -0.25) is 9.48 Å². The summed E-state index contributed by atoms with van der Waals surface area (Å²) < 4.78 is 49.9. The third-order valence-electron chi connectivity index (χ3n) is 4.62. The minimum atomic E-state index is -4.76. The quantitative estimate of drug-likeness (QED) is 0.628. The fourth-order valence-electron chi connectivity index (χ4n) is 3.04. The van der Waals surface area contributed by atoms with Crippen molar-refractivity contribution in [2.75, 3.05) is 19.5 Å². The van der Waals surface area contributed by atoms with Crippen LogP contribution in [0.1, 0.15) is 55.7 Å². The van der Waals surface area contributed by atoms with Gasteiger partial charge in [-0.2, -0.15) is 18.3 Å². The molecule has 0 atom stereocenters. The summed E-state index contributed by atoms with van der Waals surface area (Å²) in [5.74, 6) is -2.46. The molecule has 13 heteroatoms. The Bertz CT molecular complexity index is 1060. The summed E-state index contributed by atoms with van der Waals surface area (Å²) in [4.78, 5) is 36.8. The summed E-state index contributed by atoms with van der Waals surface area (Å²) >= 11 is 6.70. The second kappa shape index (κ2) is 8.50. The highest BCUT2D eigenvalue weighted by molar-refractivity contribution is 7.18. The number of hydrogen-bond donors (Lipinski definition) is 1. The Kier molecular flexibility index (Phi) is 6.33. The molecule has 0 spiro atoms. The number of halogens is 4. The summed E-state index contributed by atoms with van der Waals surface area (Å²) in [6, 6.07) is 0. The number of hydrogen-bond acceptors (Lipinski definition) is 7. The van der Waals surface area contributed by atoms with E-state index in [1.54, 1.807) is 0 Å². The molecule has 31 heavy (non-hydrogen) atoms. The zero-order chi connectivity index (χ0) is 23.1. The molecule has 0 radical (unpaired) electrons. The first-order valence-electron chi connectivity index (χ1n) is 8.92. The van der Waals surface area contributed by atoms with E-state index in [-0.39, 0.29) is 32.6 Å². The standard InChI is InChI=1S/C18H17ClF3N3O5S/c1-7-10(16(27)29-2)15(31-13(7)17(28)30-3)23-9(26)6-25-12(8-4-5-8)11(19)14(24-25)18(20,21)22/h8H,4-6H2,1-3H3,(H,23,26). The normalized spacial score (nSPS) is 13.8. The van der Waals surface area contributed by atoms with Crippen LogP contribution in [0.2, 0.25) is 5.02 Å². The molecule has 1 aliphatic carbocycles. The molecule has 1 N–H and O–H groups in total. The average molecular weight is 480 g/mol. The van der Waals surface area contributed by atoms with E-state index in [1.165, 1.54) is 6.92 Å². The van der Waals surface area contributed by atoms with Crippen molar-refractivity contribution in [3.8, 4) is 0 Å². The van der Waals surface area contributed by atoms with E-state index in [4.69, 9.17) is 16.3 Å². The van der Waals surface area contributed by atoms with Crippen LogP contribution in [-0.2, 0) is 27.0 Å². The molecule has 0 aromatic carbocycles. The number of esters is 2. The van der Waals surface area contributed by atoms with Crippen molar-refractivity contribution in [3.63, 3.8) is 0 Å². The summed E-state index contributed by atoms with van der Waals surface area (Å²) in [5.41, 5.74) is -0.897. The molecule has 8 nitrogen and oxygen atoms in total. The van der Waals surface area contributed by atoms with E-state index in [0.717, 1.165) is 30.2 Å². The molecule has 2 aromatic rings. The number of aromatic nitrogens is 2. The highest BCUT2D eigenvalue weighted by atomic mass is 35.5. The maximum atomic E-state index is 13.2. The van der Waals surface area contributed by atoms with Gasteiger partial charge >= 0.3 is 18.1 Å². The second-order valence-electron chi connectivity index (χ2n) is 6.77. The third kappa shape index (κ3) is 4.54. The van der Waals surface area contributed by atoms with Gasteiger partial charge < -0.3 is 14.8 Å². The van der Waals surface area contributed by atoms with Crippen molar-refractivity contribution < 1.29 is 37.0 Å². The SMILES string of the molecule is COC(=O)c1sc(NC(=O)Cn2nc(C(F)(F)F)c(Cl)c2C2CC2)c(C(=O)OC)c1C. The molecule has 1 fully saturated rings. The van der Waals surface area contributed by atoms with Gasteiger partial charge in [-0.1, -0.05) is 11.6 Å². The van der Waals surface area contributed by atoms with Gasteiger partial charge in [-0.25, -0.2) is 9.59 Å². The number of thiophene rings is 1. The molecule has 0 saturated heterocycles. The van der Waals surface area contributed by atoms with Gasteiger partial charge in [0.1, 0.15) is 16.4 Å². The van der Waals surface area contributed by atoms with Crippen molar-refractivity contribution in [1.82, 2.24) is 9.78 Å². The number of methoxy groups -OCH3 is 2. The Morgan fingerprint density at radius 1 is 1.23 bits per heavy atom. The molecule has 168 valence electrons. The van der Waals surface area contributed by atoms with Crippen molar-refractivity contribution in [1.29, 1.82) is 0 Å². The van der Waals surface area contributed by atoms with Gasteiger partial charge in [0.15, 0.2) is 5.69 Å². The van der Waals surface area contributed by atoms with Crippen molar-refractivity contribution in [3.05, 3.63) is 32.4 Å². The van der Waals surface area contributed by atoms with Gasteiger partial charge in [-0.05, 0) is 25.3 Å². The fourth-order valence-corrected chi connectivity index (χ4v) is 4.57. The predicted molar refractivity (Wildman–Crippen MR) is 105 cm³/mol. The van der Waals surface area contributed by atoms with Gasteiger partial charge in [0, 0.05) is 5.92 Å².